The van der Waals surface area contributed by atoms with E-state index in [1.165, 1.54) is 18.1 Å². The molecule has 2 rings (SSSR count). The molecule has 0 saturated carbocycles. The molecule has 2 aromatic rings. The zero-order valence-electron chi connectivity index (χ0n) is 17.3. The van der Waals surface area contributed by atoms with Crippen molar-refractivity contribution in [1.82, 2.24) is 9.80 Å². The molecule has 0 saturated heterocycles. The van der Waals surface area contributed by atoms with Crippen molar-refractivity contribution in [2.24, 2.45) is 0 Å². The summed E-state index contributed by atoms with van der Waals surface area (Å²) in [6, 6.07) is 11.3. The molecule has 0 aliphatic rings. The maximum Gasteiger partial charge on any atom is 0.387 e. The highest BCUT2D eigenvalue weighted by atomic mass is 19.3. The topological polar surface area (TPSA) is 71.1 Å². The Balaban J connectivity index is 1.96. The number of carbonyl (C=O) groups excluding carboxylic acids is 2. The standard InChI is InChI=1S/C21H25F2N3O4/c1-25(2)20(28)15-6-5-7-16(11-15)24-19(27)13-26(3)12-14-8-9-17(30-21(22)23)18(10-14)29-4/h5-11,21H,12-13H2,1-4H3,(H,24,27). The molecule has 7 nitrogen and oxygen atoms in total. The lowest BCUT2D eigenvalue weighted by molar-refractivity contribution is -0.117. The fraction of sp³-hybridized carbons (Fsp3) is 0.333. The molecular weight excluding hydrogens is 396 g/mol. The van der Waals surface area contributed by atoms with E-state index in [1.54, 1.807) is 62.4 Å². The van der Waals surface area contributed by atoms with E-state index < -0.39 is 6.61 Å². The van der Waals surface area contributed by atoms with E-state index >= 15 is 0 Å². The molecule has 0 unspecified atom stereocenters. The maximum absolute atomic E-state index is 12.4. The predicted octanol–water partition coefficient (Wildman–Crippen LogP) is 3.07. The molecule has 0 fully saturated rings. The Morgan fingerprint density at radius 2 is 1.80 bits per heavy atom. The van der Waals surface area contributed by atoms with Crippen LogP contribution in [0.4, 0.5) is 14.5 Å². The summed E-state index contributed by atoms with van der Waals surface area (Å²) in [6.45, 7) is -2.47. The van der Waals surface area contributed by atoms with Crippen LogP contribution in [0.1, 0.15) is 15.9 Å². The molecule has 0 spiro atoms. The zero-order valence-corrected chi connectivity index (χ0v) is 17.3. The number of alkyl halides is 2. The van der Waals surface area contributed by atoms with Gasteiger partial charge in [0.15, 0.2) is 11.5 Å². The molecule has 0 aliphatic heterocycles. The third-order valence-electron chi connectivity index (χ3n) is 4.11. The summed E-state index contributed by atoms with van der Waals surface area (Å²) in [6.07, 6.45) is 0. The number of methoxy groups -OCH3 is 1. The minimum Gasteiger partial charge on any atom is -0.493 e. The average molecular weight is 421 g/mol. The van der Waals surface area contributed by atoms with Crippen molar-refractivity contribution in [2.45, 2.75) is 13.2 Å². The fourth-order valence-electron chi connectivity index (χ4n) is 2.81. The zero-order chi connectivity index (χ0) is 22.3. The van der Waals surface area contributed by atoms with Crippen molar-refractivity contribution in [3.63, 3.8) is 0 Å². The van der Waals surface area contributed by atoms with Crippen molar-refractivity contribution in [3.8, 4) is 11.5 Å². The van der Waals surface area contributed by atoms with Gasteiger partial charge in [-0.3, -0.25) is 14.5 Å². The summed E-state index contributed by atoms with van der Waals surface area (Å²) in [5.74, 6) is -0.273. The van der Waals surface area contributed by atoms with Gasteiger partial charge >= 0.3 is 6.61 Å². The van der Waals surface area contributed by atoms with Crippen molar-refractivity contribution in [1.29, 1.82) is 0 Å². The Morgan fingerprint density at radius 3 is 2.43 bits per heavy atom. The first-order valence-corrected chi connectivity index (χ1v) is 9.11. The van der Waals surface area contributed by atoms with Gasteiger partial charge in [0.1, 0.15) is 0 Å². The number of carbonyl (C=O) groups is 2. The summed E-state index contributed by atoms with van der Waals surface area (Å²) < 4.78 is 34.3. The van der Waals surface area contributed by atoms with E-state index in [1.807, 2.05) is 0 Å². The van der Waals surface area contributed by atoms with Crippen LogP contribution in [-0.2, 0) is 11.3 Å². The summed E-state index contributed by atoms with van der Waals surface area (Å²) in [5.41, 5.74) is 1.77. The lowest BCUT2D eigenvalue weighted by Crippen LogP contribution is -2.30. The Kier molecular flexibility index (Phi) is 8.11. The van der Waals surface area contributed by atoms with Crippen LogP contribution >= 0.6 is 0 Å². The van der Waals surface area contributed by atoms with E-state index in [2.05, 4.69) is 10.1 Å². The van der Waals surface area contributed by atoms with Crippen LogP contribution in [0.5, 0.6) is 11.5 Å². The van der Waals surface area contributed by atoms with Gasteiger partial charge in [0.25, 0.3) is 5.91 Å². The van der Waals surface area contributed by atoms with Gasteiger partial charge in [-0.15, -0.1) is 0 Å². The van der Waals surface area contributed by atoms with Crippen molar-refractivity contribution < 1.29 is 27.8 Å². The van der Waals surface area contributed by atoms with E-state index in [-0.39, 0.29) is 29.9 Å². The number of nitrogens with zero attached hydrogens (tertiary/aromatic N) is 2. The van der Waals surface area contributed by atoms with E-state index in [0.29, 0.717) is 17.8 Å². The molecule has 9 heteroatoms. The summed E-state index contributed by atoms with van der Waals surface area (Å²) in [5, 5.41) is 2.77. The second-order valence-electron chi connectivity index (χ2n) is 6.86. The molecule has 162 valence electrons. The Morgan fingerprint density at radius 1 is 1.07 bits per heavy atom. The molecule has 0 aromatic heterocycles. The van der Waals surface area contributed by atoms with Gasteiger partial charge in [-0.05, 0) is 42.9 Å². The molecule has 30 heavy (non-hydrogen) atoms. The van der Waals surface area contributed by atoms with Gasteiger partial charge in [0.2, 0.25) is 5.91 Å². The quantitative estimate of drug-likeness (QED) is 0.674. The molecule has 1 N–H and O–H groups in total. The SMILES string of the molecule is COc1cc(CN(C)CC(=O)Nc2cccc(C(=O)N(C)C)c2)ccc1OC(F)F. The maximum atomic E-state index is 12.4. The summed E-state index contributed by atoms with van der Waals surface area (Å²) in [7, 11) is 6.43. The predicted molar refractivity (Wildman–Crippen MR) is 109 cm³/mol. The number of anilines is 1. The number of benzene rings is 2. The van der Waals surface area contributed by atoms with E-state index in [4.69, 9.17) is 4.74 Å². The van der Waals surface area contributed by atoms with E-state index in [9.17, 15) is 18.4 Å². The molecule has 0 bridgehead atoms. The van der Waals surface area contributed by atoms with Crippen LogP contribution in [-0.4, -0.2) is 63.0 Å². The summed E-state index contributed by atoms with van der Waals surface area (Å²) >= 11 is 0. The van der Waals surface area contributed by atoms with Gasteiger partial charge < -0.3 is 19.7 Å². The van der Waals surface area contributed by atoms with Gasteiger partial charge in [-0.2, -0.15) is 8.78 Å². The van der Waals surface area contributed by atoms with Crippen LogP contribution in [0.25, 0.3) is 0 Å². The number of rotatable bonds is 9. The first-order chi connectivity index (χ1) is 14.2. The first-order valence-electron chi connectivity index (χ1n) is 9.11. The normalized spacial score (nSPS) is 10.8. The first kappa shape index (κ1) is 23.1. The van der Waals surface area contributed by atoms with Gasteiger partial charge in [0.05, 0.1) is 13.7 Å². The number of hydrogen-bond donors (Lipinski definition) is 1. The largest absolute Gasteiger partial charge is 0.493 e. The second-order valence-corrected chi connectivity index (χ2v) is 6.86. The van der Waals surface area contributed by atoms with Crippen molar-refractivity contribution >= 4 is 17.5 Å². The van der Waals surface area contributed by atoms with Crippen LogP contribution in [0.3, 0.4) is 0 Å². The van der Waals surface area contributed by atoms with Crippen LogP contribution in [0.2, 0.25) is 0 Å². The highest BCUT2D eigenvalue weighted by Gasteiger charge is 2.14. The van der Waals surface area contributed by atoms with Crippen LogP contribution < -0.4 is 14.8 Å². The Hall–Kier alpha value is -3.20. The third-order valence-corrected chi connectivity index (χ3v) is 4.11. The monoisotopic (exact) mass is 421 g/mol. The summed E-state index contributed by atoms with van der Waals surface area (Å²) in [4.78, 5) is 27.6. The number of nitrogens with one attached hydrogen (secondary N) is 1. The van der Waals surface area contributed by atoms with Gasteiger partial charge in [0, 0.05) is 31.9 Å². The average Bonchev–Trinajstić information content (AvgIpc) is 2.68. The molecule has 0 aliphatic carbocycles. The Labute approximate surface area is 174 Å². The third kappa shape index (κ3) is 6.70. The smallest absolute Gasteiger partial charge is 0.387 e. The lowest BCUT2D eigenvalue weighted by atomic mass is 10.1. The molecule has 0 radical (unpaired) electrons. The second kappa shape index (κ2) is 10.5. The fourth-order valence-corrected chi connectivity index (χ4v) is 2.81. The highest BCUT2D eigenvalue weighted by Crippen LogP contribution is 2.29. The molecule has 0 atom stereocenters. The van der Waals surface area contributed by atoms with Crippen molar-refractivity contribution in [3.05, 3.63) is 53.6 Å². The van der Waals surface area contributed by atoms with Crippen LogP contribution in [0, 0.1) is 0 Å². The number of halogens is 2. The van der Waals surface area contributed by atoms with E-state index in [0.717, 1.165) is 5.56 Å². The number of likely N-dealkylation sites (N-methyl/N-ethyl adjacent to an activating group) is 1. The highest BCUT2D eigenvalue weighted by molar-refractivity contribution is 5.97. The number of amides is 2. The number of ether oxygens (including phenoxy) is 2. The lowest BCUT2D eigenvalue weighted by Gasteiger charge is -2.18. The Bertz CT molecular complexity index is 890. The minimum absolute atomic E-state index is 0.0520. The van der Waals surface area contributed by atoms with Crippen molar-refractivity contribution in [2.75, 3.05) is 40.1 Å². The molecule has 0 heterocycles. The minimum atomic E-state index is -2.94. The van der Waals surface area contributed by atoms with Gasteiger partial charge in [-0.1, -0.05) is 12.1 Å². The molecular formula is C21H25F2N3O4. The molecule has 2 amide bonds. The van der Waals surface area contributed by atoms with Gasteiger partial charge in [-0.25, -0.2) is 0 Å². The van der Waals surface area contributed by atoms with Crippen LogP contribution in [0.15, 0.2) is 42.5 Å². The number of hydrogen-bond acceptors (Lipinski definition) is 5. The molecule has 2 aromatic carbocycles.